The minimum absolute atomic E-state index is 0.0328. The highest BCUT2D eigenvalue weighted by Crippen LogP contribution is 2.26. The molecule has 1 heterocycles. The molecule has 1 aliphatic heterocycles. The Hall–Kier alpha value is -1.92. The van der Waals surface area contributed by atoms with Crippen molar-refractivity contribution in [1.29, 1.82) is 0 Å². The molecule has 7 nitrogen and oxygen atoms in total. The van der Waals surface area contributed by atoms with E-state index in [1.165, 1.54) is 89.9 Å². The van der Waals surface area contributed by atoms with Gasteiger partial charge in [0.15, 0.2) is 0 Å². The number of amides is 3. The van der Waals surface area contributed by atoms with Crippen molar-refractivity contribution in [3.8, 4) is 0 Å². The van der Waals surface area contributed by atoms with E-state index in [0.29, 0.717) is 38.3 Å². The van der Waals surface area contributed by atoms with Gasteiger partial charge in [-0.25, -0.2) is 0 Å². The molecule has 3 N–H and O–H groups in total. The number of ketones is 1. The zero-order valence-electron chi connectivity index (χ0n) is 26.3. The molecule has 0 radical (unpaired) electrons. The number of likely N-dealkylation sites (tertiary alicyclic amines) is 1. The standard InChI is InChI=1S/C34H60N3O4/c1-3-16-27-17-12-8-5-6-9-14-19-28(20-15-11-7-10-13-18-27)23-30(38)21-22-32(39)36-25-29-24-33(40)37(26-29)31(4-2)34(35)41/h3,27-29,31H,4-26H2,1-2H3,(H2,35,41)(H,36,39)/q-1. The number of carbonyl (C=O) groups is 4. The predicted octanol–water partition coefficient (Wildman–Crippen LogP) is 6.67. The predicted molar refractivity (Wildman–Crippen MR) is 166 cm³/mol. The highest BCUT2D eigenvalue weighted by molar-refractivity contribution is 5.88. The van der Waals surface area contributed by atoms with E-state index >= 15 is 0 Å². The van der Waals surface area contributed by atoms with Crippen LogP contribution >= 0.6 is 0 Å². The second-order valence-corrected chi connectivity index (χ2v) is 12.9. The molecule has 2 fully saturated rings. The molecule has 0 spiro atoms. The Kier molecular flexibility index (Phi) is 18.0. The molecule has 7 heteroatoms. The van der Waals surface area contributed by atoms with Gasteiger partial charge < -0.3 is 22.4 Å². The third-order valence-corrected chi connectivity index (χ3v) is 9.33. The first kappa shape index (κ1) is 35.3. The number of rotatable bonds is 12. The number of nitrogens with one attached hydrogen (secondary N) is 1. The Balaban J connectivity index is 1.70. The minimum Gasteiger partial charge on any atom is -0.368 e. The largest absolute Gasteiger partial charge is 0.368 e. The molecule has 0 aromatic carbocycles. The summed E-state index contributed by atoms with van der Waals surface area (Å²) in [6.07, 6.45) is 24.8. The quantitative estimate of drug-likeness (QED) is 0.254. The van der Waals surface area contributed by atoms with Crippen LogP contribution in [0.5, 0.6) is 0 Å². The molecule has 3 amide bonds. The van der Waals surface area contributed by atoms with Crippen LogP contribution in [0.3, 0.4) is 0 Å². The number of carbonyl (C=O) groups excluding carboxylic acids is 4. The Morgan fingerprint density at radius 1 is 0.854 bits per heavy atom. The summed E-state index contributed by atoms with van der Waals surface area (Å²) in [4.78, 5) is 50.8. The summed E-state index contributed by atoms with van der Waals surface area (Å²) in [5, 5.41) is 2.90. The summed E-state index contributed by atoms with van der Waals surface area (Å²) in [5.74, 6) is 0.773. The highest BCUT2D eigenvalue weighted by atomic mass is 16.2. The van der Waals surface area contributed by atoms with Crippen molar-refractivity contribution in [2.75, 3.05) is 13.1 Å². The van der Waals surface area contributed by atoms with E-state index in [9.17, 15) is 19.2 Å². The maximum atomic E-state index is 12.8. The number of hydrogen-bond acceptors (Lipinski definition) is 4. The van der Waals surface area contributed by atoms with Crippen molar-refractivity contribution in [2.45, 2.75) is 155 Å². The minimum atomic E-state index is -0.582. The van der Waals surface area contributed by atoms with Gasteiger partial charge in [-0.2, -0.15) is 13.3 Å². The second-order valence-electron chi connectivity index (χ2n) is 12.9. The zero-order chi connectivity index (χ0) is 29.9. The fourth-order valence-electron chi connectivity index (χ4n) is 6.88. The van der Waals surface area contributed by atoms with Crippen molar-refractivity contribution >= 4 is 23.5 Å². The van der Waals surface area contributed by atoms with Gasteiger partial charge in [0.2, 0.25) is 17.7 Å². The monoisotopic (exact) mass is 574 g/mol. The van der Waals surface area contributed by atoms with Crippen LogP contribution in [-0.2, 0) is 19.2 Å². The molecular weight excluding hydrogens is 514 g/mol. The van der Waals surface area contributed by atoms with E-state index in [0.717, 1.165) is 18.8 Å². The Bertz CT molecular complexity index is 786. The van der Waals surface area contributed by atoms with Gasteiger partial charge in [0.05, 0.1) is 0 Å². The summed E-state index contributed by atoms with van der Waals surface area (Å²) < 4.78 is 0. The van der Waals surface area contributed by atoms with Gasteiger partial charge in [0.25, 0.3) is 0 Å². The molecule has 1 aliphatic carbocycles. The highest BCUT2D eigenvalue weighted by Gasteiger charge is 2.36. The van der Waals surface area contributed by atoms with Gasteiger partial charge in [-0.1, -0.05) is 109 Å². The summed E-state index contributed by atoms with van der Waals surface area (Å²) in [6.45, 7) is 4.85. The summed E-state index contributed by atoms with van der Waals surface area (Å²) in [7, 11) is 0. The van der Waals surface area contributed by atoms with Crippen LogP contribution in [0, 0.1) is 24.2 Å². The molecule has 0 bridgehead atoms. The van der Waals surface area contributed by atoms with E-state index in [1.54, 1.807) is 4.90 Å². The lowest BCUT2D eigenvalue weighted by Gasteiger charge is -2.24. The average molecular weight is 575 g/mol. The lowest BCUT2D eigenvalue weighted by atomic mass is 9.89. The van der Waals surface area contributed by atoms with Crippen molar-refractivity contribution < 1.29 is 19.2 Å². The fraction of sp³-hybridized carbons (Fsp3) is 0.853. The smallest absolute Gasteiger partial charge is 0.240 e. The first-order valence-corrected chi connectivity index (χ1v) is 17.0. The van der Waals surface area contributed by atoms with E-state index in [2.05, 4.69) is 18.7 Å². The number of nitrogens with two attached hydrogens (primary N) is 1. The maximum absolute atomic E-state index is 12.8. The van der Waals surface area contributed by atoms with Gasteiger partial charge in [0, 0.05) is 44.7 Å². The molecule has 1 saturated heterocycles. The normalized spacial score (nSPS) is 24.9. The molecular formula is C34H60N3O4-. The van der Waals surface area contributed by atoms with Crippen LogP contribution in [-0.4, -0.2) is 47.5 Å². The summed E-state index contributed by atoms with van der Waals surface area (Å²) >= 11 is 0. The molecule has 0 aromatic heterocycles. The Morgan fingerprint density at radius 3 is 1.90 bits per heavy atom. The average Bonchev–Trinajstić information content (AvgIpc) is 3.30. The second kappa shape index (κ2) is 20.9. The first-order valence-electron chi connectivity index (χ1n) is 17.0. The van der Waals surface area contributed by atoms with Crippen LogP contribution in [0.1, 0.15) is 149 Å². The molecule has 0 aromatic rings. The van der Waals surface area contributed by atoms with Crippen LogP contribution in [0.4, 0.5) is 0 Å². The zero-order valence-corrected chi connectivity index (χ0v) is 26.3. The van der Waals surface area contributed by atoms with Gasteiger partial charge in [-0.15, -0.1) is 0 Å². The number of Topliss-reactive ketones (excluding diaryl/α,β-unsaturated/α-hetero) is 1. The van der Waals surface area contributed by atoms with E-state index < -0.39 is 11.9 Å². The number of hydrogen-bond donors (Lipinski definition) is 2. The molecule has 4 unspecified atom stereocenters. The topological polar surface area (TPSA) is 110 Å². The third-order valence-electron chi connectivity index (χ3n) is 9.33. The van der Waals surface area contributed by atoms with E-state index in [1.807, 2.05) is 6.92 Å². The van der Waals surface area contributed by atoms with Gasteiger partial charge in [-0.3, -0.25) is 19.2 Å². The van der Waals surface area contributed by atoms with E-state index in [4.69, 9.17) is 5.73 Å². The lowest BCUT2D eigenvalue weighted by molar-refractivity contribution is -0.136. The maximum Gasteiger partial charge on any atom is 0.240 e. The first-order chi connectivity index (χ1) is 19.8. The van der Waals surface area contributed by atoms with Crippen molar-refractivity contribution in [2.24, 2.45) is 23.5 Å². The van der Waals surface area contributed by atoms with Crippen molar-refractivity contribution in [3.63, 3.8) is 0 Å². The molecule has 2 rings (SSSR count). The Labute approximate surface area is 250 Å². The third kappa shape index (κ3) is 14.7. The molecule has 236 valence electrons. The number of primary amides is 1. The number of nitrogens with zero attached hydrogens (tertiary/aromatic N) is 1. The molecule has 2 aliphatic rings. The van der Waals surface area contributed by atoms with E-state index in [-0.39, 0.29) is 36.4 Å². The molecule has 41 heavy (non-hydrogen) atoms. The van der Waals surface area contributed by atoms with Crippen LogP contribution in [0.15, 0.2) is 0 Å². The van der Waals surface area contributed by atoms with Crippen molar-refractivity contribution in [3.05, 3.63) is 6.42 Å². The fourth-order valence-corrected chi connectivity index (χ4v) is 6.88. The SMILES string of the molecule is C[CH-]CC1CCCCCCCCC(CC(=O)CCC(=O)NCC2CC(=O)N(C(CC)C(N)=O)C2)CCCCCCC1. The van der Waals surface area contributed by atoms with Crippen LogP contribution < -0.4 is 11.1 Å². The summed E-state index contributed by atoms with van der Waals surface area (Å²) in [6, 6.07) is -0.582. The van der Waals surface area contributed by atoms with Gasteiger partial charge in [0.1, 0.15) is 11.8 Å². The van der Waals surface area contributed by atoms with Crippen molar-refractivity contribution in [1.82, 2.24) is 10.2 Å². The molecule has 4 atom stereocenters. The lowest BCUT2D eigenvalue weighted by Crippen LogP contribution is -2.45. The summed E-state index contributed by atoms with van der Waals surface area (Å²) in [5.41, 5.74) is 5.44. The molecule has 1 saturated carbocycles. The van der Waals surface area contributed by atoms with Gasteiger partial charge in [-0.05, 0) is 12.3 Å². The van der Waals surface area contributed by atoms with Crippen LogP contribution in [0.25, 0.3) is 0 Å². The van der Waals surface area contributed by atoms with Crippen LogP contribution in [0.2, 0.25) is 0 Å². The van der Waals surface area contributed by atoms with Gasteiger partial charge >= 0.3 is 0 Å². The Morgan fingerprint density at radius 2 is 1.39 bits per heavy atom.